The van der Waals surface area contributed by atoms with Gasteiger partial charge in [-0.2, -0.15) is 0 Å². The van der Waals surface area contributed by atoms with Crippen LogP contribution in [0.15, 0.2) is 51.0 Å². The minimum Gasteiger partial charge on any atom is -0.382 e. The molecule has 26 heavy (non-hydrogen) atoms. The van der Waals surface area contributed by atoms with Crippen LogP contribution in [0.2, 0.25) is 0 Å². The Kier molecular flexibility index (Phi) is 4.40. The van der Waals surface area contributed by atoms with E-state index in [9.17, 15) is 9.59 Å². The number of amidine groups is 1. The van der Waals surface area contributed by atoms with Gasteiger partial charge in [0.25, 0.3) is 5.56 Å². The number of nitrogens with two attached hydrogens (primary N) is 2. The van der Waals surface area contributed by atoms with Gasteiger partial charge in [0.05, 0.1) is 6.54 Å². The van der Waals surface area contributed by atoms with E-state index in [4.69, 9.17) is 11.5 Å². The fourth-order valence-electron chi connectivity index (χ4n) is 2.38. The van der Waals surface area contributed by atoms with Gasteiger partial charge in [-0.05, 0) is 5.56 Å². The predicted octanol–water partition coefficient (Wildman–Crippen LogP) is -0.657. The number of hydrogen-bond donors (Lipinski definition) is 2. The van der Waals surface area contributed by atoms with Crippen molar-refractivity contribution in [2.75, 3.05) is 5.73 Å². The molecule has 0 aliphatic rings. The largest absolute Gasteiger partial charge is 0.382 e. The summed E-state index contributed by atoms with van der Waals surface area (Å²) in [7, 11) is 2.87. The zero-order valence-corrected chi connectivity index (χ0v) is 14.3. The molecule has 0 amide bonds. The van der Waals surface area contributed by atoms with Crippen molar-refractivity contribution in [3.8, 4) is 0 Å². The molecule has 4 N–H and O–H groups in total. The van der Waals surface area contributed by atoms with Crippen molar-refractivity contribution in [2.24, 2.45) is 24.8 Å². The van der Waals surface area contributed by atoms with Crippen molar-refractivity contribution in [1.29, 1.82) is 0 Å². The van der Waals surface area contributed by atoms with Crippen molar-refractivity contribution < 1.29 is 0 Å². The van der Waals surface area contributed by atoms with Gasteiger partial charge >= 0.3 is 5.69 Å². The van der Waals surface area contributed by atoms with Crippen molar-refractivity contribution >= 4 is 17.5 Å². The van der Waals surface area contributed by atoms with Crippen LogP contribution in [0.25, 0.3) is 0 Å². The molecule has 0 spiro atoms. The number of rotatable bonds is 4. The Hall–Kier alpha value is -3.69. The maximum atomic E-state index is 12.0. The van der Waals surface area contributed by atoms with Crippen LogP contribution in [0.3, 0.4) is 0 Å². The van der Waals surface area contributed by atoms with E-state index in [2.05, 4.69) is 15.3 Å². The van der Waals surface area contributed by atoms with Gasteiger partial charge in [0, 0.05) is 20.2 Å². The van der Waals surface area contributed by atoms with E-state index in [1.165, 1.54) is 29.4 Å². The van der Waals surface area contributed by atoms with E-state index >= 15 is 0 Å². The summed E-state index contributed by atoms with van der Waals surface area (Å²) in [5, 5.41) is 7.95. The maximum Gasteiger partial charge on any atom is 0.332 e. The van der Waals surface area contributed by atoms with Crippen LogP contribution in [0.5, 0.6) is 0 Å². The zero-order chi connectivity index (χ0) is 18.8. The molecule has 0 fully saturated rings. The van der Waals surface area contributed by atoms with E-state index in [1.54, 1.807) is 0 Å². The highest BCUT2D eigenvalue weighted by atomic mass is 16.2. The molecule has 3 rings (SSSR count). The van der Waals surface area contributed by atoms with E-state index in [-0.39, 0.29) is 23.2 Å². The second-order valence-electron chi connectivity index (χ2n) is 5.70. The highest BCUT2D eigenvalue weighted by molar-refractivity contribution is 6.00. The molecule has 0 bridgehead atoms. The molecule has 10 nitrogen and oxygen atoms in total. The number of hydrogen-bond acceptors (Lipinski definition) is 6. The number of anilines is 1. The molecule has 0 aliphatic carbocycles. The lowest BCUT2D eigenvalue weighted by Crippen LogP contribution is -2.36. The fraction of sp³-hybridized carbons (Fsp3) is 0.188. The van der Waals surface area contributed by atoms with Gasteiger partial charge in [-0.15, -0.1) is 5.10 Å². The summed E-state index contributed by atoms with van der Waals surface area (Å²) in [6.45, 7) is 0.428. The Morgan fingerprint density at radius 2 is 1.85 bits per heavy atom. The average Bonchev–Trinajstić information content (AvgIpc) is 2.99. The maximum absolute atomic E-state index is 12.0. The lowest BCUT2D eigenvalue weighted by atomic mass is 10.2. The van der Waals surface area contributed by atoms with Crippen molar-refractivity contribution in [2.45, 2.75) is 6.54 Å². The first-order valence-corrected chi connectivity index (χ1v) is 7.73. The molecular weight excluding hydrogens is 336 g/mol. The molecular formula is C16H18N8O2. The Morgan fingerprint density at radius 3 is 2.54 bits per heavy atom. The Labute approximate surface area is 148 Å². The molecule has 10 heteroatoms. The van der Waals surface area contributed by atoms with Crippen LogP contribution in [0, 0.1) is 0 Å². The second-order valence-corrected chi connectivity index (χ2v) is 5.70. The molecule has 0 aliphatic heterocycles. The molecule has 0 atom stereocenters. The standard InChI is InChI=1S/C16H18N8O2/c1-22-11(8-12(25)23(2)16(22)26)19-14(17)13-15(18)24(21-20-13)9-10-6-4-3-5-7-10/h3-8H,9,18H2,1-2H3,(H2,17,19). The fourth-order valence-corrected chi connectivity index (χ4v) is 2.38. The number of aliphatic imine (C=N–C) groups is 1. The van der Waals surface area contributed by atoms with E-state index in [1.807, 2.05) is 30.3 Å². The van der Waals surface area contributed by atoms with Gasteiger partial charge in [-0.25, -0.2) is 14.5 Å². The van der Waals surface area contributed by atoms with Gasteiger partial charge in [0.1, 0.15) is 5.82 Å². The van der Waals surface area contributed by atoms with Gasteiger partial charge in [0.2, 0.25) is 0 Å². The summed E-state index contributed by atoms with van der Waals surface area (Å²) in [5.74, 6) is 0.307. The molecule has 0 unspecified atom stereocenters. The molecule has 2 heterocycles. The molecule has 0 radical (unpaired) electrons. The first-order chi connectivity index (χ1) is 12.4. The first kappa shape index (κ1) is 17.1. The number of aromatic nitrogens is 5. The van der Waals surface area contributed by atoms with Crippen LogP contribution in [-0.2, 0) is 20.6 Å². The van der Waals surface area contributed by atoms with Gasteiger partial charge < -0.3 is 11.5 Å². The van der Waals surface area contributed by atoms with Crippen LogP contribution in [0.4, 0.5) is 11.6 Å². The smallest absolute Gasteiger partial charge is 0.332 e. The van der Waals surface area contributed by atoms with Crippen molar-refractivity contribution in [3.63, 3.8) is 0 Å². The summed E-state index contributed by atoms with van der Waals surface area (Å²) < 4.78 is 3.68. The first-order valence-electron chi connectivity index (χ1n) is 7.73. The molecule has 0 saturated heterocycles. The lowest BCUT2D eigenvalue weighted by molar-refractivity contribution is 0.657. The molecule has 0 saturated carbocycles. The number of benzene rings is 1. The summed E-state index contributed by atoms with van der Waals surface area (Å²) in [5.41, 5.74) is 12.2. The molecule has 134 valence electrons. The Balaban J connectivity index is 1.96. The minimum absolute atomic E-state index is 0.0370. The normalized spacial score (nSPS) is 11.7. The average molecular weight is 354 g/mol. The van der Waals surface area contributed by atoms with Crippen LogP contribution in [0.1, 0.15) is 11.3 Å². The third-order valence-electron chi connectivity index (χ3n) is 3.93. The highest BCUT2D eigenvalue weighted by Gasteiger charge is 2.15. The quantitative estimate of drug-likeness (QED) is 0.471. The van der Waals surface area contributed by atoms with Gasteiger partial charge in [0.15, 0.2) is 17.3 Å². The molecule has 1 aromatic carbocycles. The molecule has 2 aromatic heterocycles. The lowest BCUT2D eigenvalue weighted by Gasteiger charge is -2.06. The van der Waals surface area contributed by atoms with Gasteiger partial charge in [-0.1, -0.05) is 35.5 Å². The number of nitrogens with zero attached hydrogens (tertiary/aromatic N) is 6. The predicted molar refractivity (Wildman–Crippen MR) is 97.3 cm³/mol. The van der Waals surface area contributed by atoms with E-state index in [0.717, 1.165) is 10.1 Å². The third-order valence-corrected chi connectivity index (χ3v) is 3.93. The minimum atomic E-state index is -0.509. The summed E-state index contributed by atoms with van der Waals surface area (Å²) in [6.07, 6.45) is 0. The Bertz CT molecular complexity index is 1090. The van der Waals surface area contributed by atoms with Crippen molar-refractivity contribution in [1.82, 2.24) is 24.1 Å². The highest BCUT2D eigenvalue weighted by Crippen LogP contribution is 2.13. The topological polar surface area (TPSA) is 139 Å². The summed E-state index contributed by atoms with van der Waals surface area (Å²) in [6, 6.07) is 10.8. The SMILES string of the molecule is Cn1c(N=C(N)c2nnn(Cc3ccccc3)c2N)cc(=O)n(C)c1=O. The van der Waals surface area contributed by atoms with Crippen LogP contribution in [-0.4, -0.2) is 30.0 Å². The zero-order valence-electron chi connectivity index (χ0n) is 14.3. The third kappa shape index (κ3) is 3.11. The Morgan fingerprint density at radius 1 is 1.15 bits per heavy atom. The van der Waals surface area contributed by atoms with E-state index < -0.39 is 11.2 Å². The molecule has 3 aromatic rings. The summed E-state index contributed by atoms with van der Waals surface area (Å²) in [4.78, 5) is 27.9. The summed E-state index contributed by atoms with van der Waals surface area (Å²) >= 11 is 0. The van der Waals surface area contributed by atoms with Gasteiger partial charge in [-0.3, -0.25) is 13.9 Å². The monoisotopic (exact) mass is 354 g/mol. The van der Waals surface area contributed by atoms with Crippen LogP contribution >= 0.6 is 0 Å². The van der Waals surface area contributed by atoms with Crippen LogP contribution < -0.4 is 22.7 Å². The van der Waals surface area contributed by atoms with Crippen molar-refractivity contribution in [3.05, 3.63) is 68.5 Å². The van der Waals surface area contributed by atoms with E-state index in [0.29, 0.717) is 6.54 Å². The number of nitrogen functional groups attached to an aromatic ring is 1. The second kappa shape index (κ2) is 6.67.